The van der Waals surface area contributed by atoms with Gasteiger partial charge in [-0.1, -0.05) is 49.7 Å². The number of rotatable bonds is 10. The van der Waals surface area contributed by atoms with E-state index in [9.17, 15) is 14.4 Å². The zero-order valence-corrected chi connectivity index (χ0v) is 19.3. The molecule has 2 amide bonds. The summed E-state index contributed by atoms with van der Waals surface area (Å²) in [5.41, 5.74) is 2.88. The van der Waals surface area contributed by atoms with Gasteiger partial charge in [0.05, 0.1) is 0 Å². The van der Waals surface area contributed by atoms with Gasteiger partial charge in [-0.05, 0) is 53.9 Å². The van der Waals surface area contributed by atoms with E-state index in [-0.39, 0.29) is 25.0 Å². The highest BCUT2D eigenvalue weighted by Gasteiger charge is 2.12. The third-order valence-corrected chi connectivity index (χ3v) is 4.93. The number of aryl methyl sites for hydroxylation is 1. The second-order valence-electron chi connectivity index (χ2n) is 7.69. The normalized spacial score (nSPS) is 10.3. The molecule has 34 heavy (non-hydrogen) atoms. The van der Waals surface area contributed by atoms with Crippen molar-refractivity contribution >= 4 is 23.5 Å². The van der Waals surface area contributed by atoms with Crippen molar-refractivity contribution in [1.29, 1.82) is 0 Å². The summed E-state index contributed by atoms with van der Waals surface area (Å²) in [6.07, 6.45) is 2.08. The Bertz CT molecular complexity index is 1140. The van der Waals surface area contributed by atoms with E-state index >= 15 is 0 Å². The van der Waals surface area contributed by atoms with Crippen LogP contribution >= 0.6 is 0 Å². The lowest BCUT2D eigenvalue weighted by molar-refractivity contribution is -0.131. The summed E-state index contributed by atoms with van der Waals surface area (Å²) in [5.74, 6) is -0.161. The van der Waals surface area contributed by atoms with Gasteiger partial charge in [0.1, 0.15) is 11.5 Å². The van der Waals surface area contributed by atoms with Crippen molar-refractivity contribution in [2.75, 3.05) is 11.9 Å². The minimum Gasteiger partial charge on any atom is -0.484 e. The van der Waals surface area contributed by atoms with Crippen molar-refractivity contribution in [1.82, 2.24) is 5.32 Å². The Kier molecular flexibility index (Phi) is 8.80. The predicted molar refractivity (Wildman–Crippen MR) is 130 cm³/mol. The number of carbonyl (C=O) groups excluding carboxylic acids is 3. The van der Waals surface area contributed by atoms with Crippen LogP contribution in [0.2, 0.25) is 0 Å². The molecule has 0 spiro atoms. The van der Waals surface area contributed by atoms with Crippen LogP contribution in [0.4, 0.5) is 5.69 Å². The number of hydrogen-bond acceptors (Lipinski definition) is 5. The van der Waals surface area contributed by atoms with Crippen molar-refractivity contribution in [2.45, 2.75) is 33.2 Å². The average Bonchev–Trinajstić information content (AvgIpc) is 2.83. The highest BCUT2D eigenvalue weighted by atomic mass is 16.5. The first-order valence-corrected chi connectivity index (χ1v) is 11.1. The van der Waals surface area contributed by atoms with Crippen LogP contribution in [0.25, 0.3) is 0 Å². The van der Waals surface area contributed by atoms with Crippen LogP contribution in [0.5, 0.6) is 11.5 Å². The Labute approximate surface area is 199 Å². The molecule has 2 N–H and O–H groups in total. The first-order valence-electron chi connectivity index (χ1n) is 11.1. The first kappa shape index (κ1) is 24.5. The minimum absolute atomic E-state index is 0.107. The summed E-state index contributed by atoms with van der Waals surface area (Å²) in [7, 11) is 0. The number of para-hydroxylation sites is 1. The lowest BCUT2D eigenvalue weighted by atomic mass is 10.1. The lowest BCUT2D eigenvalue weighted by Crippen LogP contribution is -2.29. The maximum Gasteiger partial charge on any atom is 0.308 e. The molecule has 3 aromatic carbocycles. The van der Waals surface area contributed by atoms with E-state index in [1.54, 1.807) is 30.3 Å². The van der Waals surface area contributed by atoms with E-state index in [1.165, 1.54) is 18.6 Å². The molecule has 0 bridgehead atoms. The molecule has 0 fully saturated rings. The molecule has 7 nitrogen and oxygen atoms in total. The van der Waals surface area contributed by atoms with Crippen LogP contribution in [-0.2, 0) is 22.6 Å². The number of ether oxygens (including phenoxy) is 2. The molecule has 3 aromatic rings. The maximum absolute atomic E-state index is 12.7. The van der Waals surface area contributed by atoms with E-state index in [2.05, 4.69) is 17.6 Å². The number of carbonyl (C=O) groups is 3. The highest BCUT2D eigenvalue weighted by molar-refractivity contribution is 6.05. The van der Waals surface area contributed by atoms with Gasteiger partial charge >= 0.3 is 5.97 Å². The molecule has 176 valence electrons. The molecular formula is C27H28N2O5. The van der Waals surface area contributed by atoms with Crippen LogP contribution < -0.4 is 20.1 Å². The monoisotopic (exact) mass is 460 g/mol. The highest BCUT2D eigenvalue weighted by Crippen LogP contribution is 2.19. The van der Waals surface area contributed by atoms with E-state index < -0.39 is 5.97 Å². The molecule has 0 aliphatic rings. The molecule has 0 unspecified atom stereocenters. The summed E-state index contributed by atoms with van der Waals surface area (Å²) in [6, 6.07) is 21.3. The van der Waals surface area contributed by atoms with Gasteiger partial charge in [0.15, 0.2) is 6.61 Å². The van der Waals surface area contributed by atoms with Gasteiger partial charge < -0.3 is 20.1 Å². The Hall–Kier alpha value is -4.13. The smallest absolute Gasteiger partial charge is 0.308 e. The number of benzene rings is 3. The fourth-order valence-corrected chi connectivity index (χ4v) is 3.29. The predicted octanol–water partition coefficient (Wildman–Crippen LogP) is 4.51. The quantitative estimate of drug-likeness (QED) is 0.343. The Morgan fingerprint density at radius 3 is 2.38 bits per heavy atom. The van der Waals surface area contributed by atoms with Gasteiger partial charge in [0.25, 0.3) is 11.8 Å². The summed E-state index contributed by atoms with van der Waals surface area (Å²) in [6.45, 7) is 3.54. The molecule has 0 aliphatic heterocycles. The minimum atomic E-state index is -0.462. The van der Waals surface area contributed by atoms with Crippen LogP contribution in [0.3, 0.4) is 0 Å². The van der Waals surface area contributed by atoms with Crippen LogP contribution in [0.15, 0.2) is 72.8 Å². The first-order chi connectivity index (χ1) is 16.4. The maximum atomic E-state index is 12.7. The van der Waals surface area contributed by atoms with Crippen molar-refractivity contribution in [3.63, 3.8) is 0 Å². The summed E-state index contributed by atoms with van der Waals surface area (Å²) < 4.78 is 10.6. The van der Waals surface area contributed by atoms with Crippen molar-refractivity contribution < 1.29 is 23.9 Å². The molecule has 0 saturated carbocycles. The molecule has 7 heteroatoms. The topological polar surface area (TPSA) is 93.7 Å². The number of nitrogens with one attached hydrogen (secondary N) is 2. The molecular weight excluding hydrogens is 432 g/mol. The number of amides is 2. The largest absolute Gasteiger partial charge is 0.484 e. The van der Waals surface area contributed by atoms with Crippen molar-refractivity contribution in [3.05, 3.63) is 89.5 Å². The zero-order chi connectivity index (χ0) is 24.3. The summed E-state index contributed by atoms with van der Waals surface area (Å²) >= 11 is 0. The van der Waals surface area contributed by atoms with Gasteiger partial charge in [0.2, 0.25) is 0 Å². The van der Waals surface area contributed by atoms with Crippen molar-refractivity contribution in [2.24, 2.45) is 0 Å². The van der Waals surface area contributed by atoms with Crippen molar-refractivity contribution in [3.8, 4) is 11.5 Å². The third kappa shape index (κ3) is 7.48. The van der Waals surface area contributed by atoms with E-state index in [4.69, 9.17) is 9.47 Å². The Morgan fingerprint density at radius 1 is 0.882 bits per heavy atom. The van der Waals surface area contributed by atoms with E-state index in [1.807, 2.05) is 36.4 Å². The molecule has 0 heterocycles. The standard InChI is InChI=1S/C27H28N2O5/c1-3-7-20-12-14-23(15-13-20)33-18-26(31)28-17-22-8-4-5-11-25(22)29-27(32)21-9-6-10-24(16-21)34-19(2)30/h4-6,8-16H,3,7,17-18H2,1-2H3,(H,28,31)(H,29,32). The number of esters is 1. The average molecular weight is 461 g/mol. The van der Waals surface area contributed by atoms with Gasteiger partial charge in [-0.3, -0.25) is 14.4 Å². The van der Waals surface area contributed by atoms with Crippen LogP contribution in [0.1, 0.15) is 41.8 Å². The van der Waals surface area contributed by atoms with Gasteiger partial charge in [-0.15, -0.1) is 0 Å². The molecule has 0 saturated heterocycles. The molecule has 0 aromatic heterocycles. The van der Waals surface area contributed by atoms with E-state index in [0.717, 1.165) is 18.4 Å². The summed E-state index contributed by atoms with van der Waals surface area (Å²) in [4.78, 5) is 36.1. The third-order valence-electron chi connectivity index (χ3n) is 4.93. The second-order valence-corrected chi connectivity index (χ2v) is 7.69. The second kappa shape index (κ2) is 12.2. The molecule has 0 atom stereocenters. The number of hydrogen-bond donors (Lipinski definition) is 2. The zero-order valence-electron chi connectivity index (χ0n) is 19.3. The van der Waals surface area contributed by atoms with Gasteiger partial charge in [-0.2, -0.15) is 0 Å². The summed E-state index contributed by atoms with van der Waals surface area (Å²) in [5, 5.41) is 5.65. The SMILES string of the molecule is CCCc1ccc(OCC(=O)NCc2ccccc2NC(=O)c2cccc(OC(C)=O)c2)cc1. The fraction of sp³-hybridized carbons (Fsp3) is 0.222. The van der Waals surface area contributed by atoms with Gasteiger partial charge in [-0.25, -0.2) is 0 Å². The number of anilines is 1. The Balaban J connectivity index is 1.55. The fourth-order valence-electron chi connectivity index (χ4n) is 3.29. The molecule has 3 rings (SSSR count). The van der Waals surface area contributed by atoms with Crippen LogP contribution in [-0.4, -0.2) is 24.4 Å². The Morgan fingerprint density at radius 2 is 1.65 bits per heavy atom. The van der Waals surface area contributed by atoms with Gasteiger partial charge in [0, 0.05) is 24.7 Å². The molecule has 0 aliphatic carbocycles. The molecule has 0 radical (unpaired) electrons. The van der Waals surface area contributed by atoms with E-state index in [0.29, 0.717) is 22.7 Å². The van der Waals surface area contributed by atoms with Crippen LogP contribution in [0, 0.1) is 0 Å². The lowest BCUT2D eigenvalue weighted by Gasteiger charge is -2.13.